The maximum absolute atomic E-state index is 13.2. The van der Waals surface area contributed by atoms with Gasteiger partial charge in [-0.1, -0.05) is 38.8 Å². The lowest BCUT2D eigenvalue weighted by atomic mass is 9.94. The minimum absolute atomic E-state index is 0.0161. The first kappa shape index (κ1) is 26.3. The molecule has 6 nitrogen and oxygen atoms in total. The van der Waals surface area contributed by atoms with Crippen LogP contribution in [0, 0.1) is 6.92 Å². The summed E-state index contributed by atoms with van der Waals surface area (Å²) in [7, 11) is 0. The van der Waals surface area contributed by atoms with Gasteiger partial charge < -0.3 is 19.5 Å². The largest absolute Gasteiger partial charge is 0.507 e. The molecule has 0 saturated carbocycles. The molecule has 0 aliphatic carbocycles. The first-order valence-corrected chi connectivity index (χ1v) is 12.6. The average molecular weight is 480 g/mol. The number of likely N-dealkylation sites (tertiary alicyclic amines) is 1. The molecular formula is C29H37NO5. The highest BCUT2D eigenvalue weighted by atomic mass is 16.5. The molecule has 1 unspecified atom stereocenters. The number of rotatable bonds is 11. The smallest absolute Gasteiger partial charge is 0.295 e. The fourth-order valence-electron chi connectivity index (χ4n) is 4.35. The molecule has 6 heteroatoms. The number of ether oxygens (including phenoxy) is 2. The molecule has 3 rings (SSSR count). The Labute approximate surface area is 208 Å². The quantitative estimate of drug-likeness (QED) is 0.180. The second-order valence-electron chi connectivity index (χ2n) is 9.27. The van der Waals surface area contributed by atoms with Crippen molar-refractivity contribution >= 4 is 17.4 Å². The lowest BCUT2D eigenvalue weighted by molar-refractivity contribution is -0.139. The Morgan fingerprint density at radius 3 is 2.49 bits per heavy atom. The van der Waals surface area contributed by atoms with Crippen LogP contribution in [0.5, 0.6) is 11.5 Å². The molecule has 0 radical (unpaired) electrons. The van der Waals surface area contributed by atoms with E-state index in [0.29, 0.717) is 24.5 Å². The minimum Gasteiger partial charge on any atom is -0.507 e. The van der Waals surface area contributed by atoms with E-state index in [0.717, 1.165) is 42.6 Å². The third-order valence-electron chi connectivity index (χ3n) is 6.00. The Hall–Kier alpha value is -3.28. The number of hydrogen-bond donors (Lipinski definition) is 1. The number of carbonyl (C=O) groups is 2. The van der Waals surface area contributed by atoms with Gasteiger partial charge in [0.25, 0.3) is 11.7 Å². The summed E-state index contributed by atoms with van der Waals surface area (Å²) in [5.74, 6) is -0.0271. The van der Waals surface area contributed by atoms with Crippen LogP contribution in [0.2, 0.25) is 0 Å². The molecule has 1 aliphatic rings. The predicted octanol–water partition coefficient (Wildman–Crippen LogP) is 6.18. The van der Waals surface area contributed by atoms with E-state index in [1.54, 1.807) is 23.1 Å². The Kier molecular flexibility index (Phi) is 8.96. The average Bonchev–Trinajstić information content (AvgIpc) is 3.08. The minimum atomic E-state index is -0.682. The van der Waals surface area contributed by atoms with E-state index < -0.39 is 17.7 Å². The number of aryl methyl sites for hydroxylation is 1. The molecule has 2 aromatic carbocycles. The summed E-state index contributed by atoms with van der Waals surface area (Å²) >= 11 is 0. The molecule has 35 heavy (non-hydrogen) atoms. The Bertz CT molecular complexity index is 1090. The van der Waals surface area contributed by atoms with E-state index in [2.05, 4.69) is 6.92 Å². The Morgan fingerprint density at radius 2 is 1.83 bits per heavy atom. The van der Waals surface area contributed by atoms with Crippen molar-refractivity contribution in [1.29, 1.82) is 0 Å². The number of aliphatic hydroxyl groups is 1. The van der Waals surface area contributed by atoms with Crippen molar-refractivity contribution in [3.8, 4) is 11.5 Å². The lowest BCUT2D eigenvalue weighted by Gasteiger charge is -2.26. The molecule has 1 saturated heterocycles. The van der Waals surface area contributed by atoms with Crippen LogP contribution in [0.25, 0.3) is 5.76 Å². The van der Waals surface area contributed by atoms with Crippen LogP contribution >= 0.6 is 0 Å². The first-order valence-electron chi connectivity index (χ1n) is 12.6. The zero-order chi connectivity index (χ0) is 25.5. The summed E-state index contributed by atoms with van der Waals surface area (Å²) in [6.07, 6.45) is 3.60. The summed E-state index contributed by atoms with van der Waals surface area (Å²) in [6, 6.07) is 12.1. The summed E-state index contributed by atoms with van der Waals surface area (Å²) in [6.45, 7) is 11.0. The molecule has 1 heterocycles. The summed E-state index contributed by atoms with van der Waals surface area (Å²) in [5, 5.41) is 11.3. The van der Waals surface area contributed by atoms with Gasteiger partial charge in [-0.3, -0.25) is 9.59 Å². The summed E-state index contributed by atoms with van der Waals surface area (Å²) in [5.41, 5.74) is 2.18. The van der Waals surface area contributed by atoms with Gasteiger partial charge in [-0.05, 0) is 75.1 Å². The molecule has 0 aromatic heterocycles. The predicted molar refractivity (Wildman–Crippen MR) is 138 cm³/mol. The van der Waals surface area contributed by atoms with Crippen molar-refractivity contribution in [2.75, 3.05) is 13.2 Å². The number of unbranched alkanes of at least 4 members (excludes halogenated alkanes) is 2. The summed E-state index contributed by atoms with van der Waals surface area (Å²) in [4.78, 5) is 27.9. The highest BCUT2D eigenvalue weighted by molar-refractivity contribution is 6.46. The SMILES string of the molecule is CCCCCN1C(=O)C(=O)/C(=C(/O)c2ccc(OCCC)c(C)c2)C1c1cccc(OC(C)C)c1. The fourth-order valence-corrected chi connectivity index (χ4v) is 4.35. The van der Waals surface area contributed by atoms with Crippen LogP contribution < -0.4 is 9.47 Å². The number of ketones is 1. The maximum Gasteiger partial charge on any atom is 0.295 e. The molecule has 0 spiro atoms. The standard InChI is InChI=1S/C29H37NO5/c1-6-8-9-15-30-26(21-11-10-12-23(18-21)35-19(3)4)25(28(32)29(30)33)27(31)22-13-14-24(20(5)17-22)34-16-7-2/h10-14,17-19,26,31H,6-9,15-16H2,1-5H3/b27-25+. The molecular weight excluding hydrogens is 442 g/mol. The zero-order valence-corrected chi connectivity index (χ0v) is 21.5. The Balaban J connectivity index is 2.09. The number of hydrogen-bond acceptors (Lipinski definition) is 5. The number of aliphatic hydroxyl groups excluding tert-OH is 1. The number of Topliss-reactive ketones (excluding diaryl/α,β-unsaturated/α-hetero) is 1. The van der Waals surface area contributed by atoms with Crippen molar-refractivity contribution in [1.82, 2.24) is 4.90 Å². The van der Waals surface area contributed by atoms with E-state index in [9.17, 15) is 14.7 Å². The highest BCUT2D eigenvalue weighted by Crippen LogP contribution is 2.41. The van der Waals surface area contributed by atoms with Crippen LogP contribution in [0.15, 0.2) is 48.0 Å². The molecule has 0 bridgehead atoms. The molecule has 1 aliphatic heterocycles. The van der Waals surface area contributed by atoms with Gasteiger partial charge in [0.2, 0.25) is 0 Å². The van der Waals surface area contributed by atoms with Crippen LogP contribution in [0.4, 0.5) is 0 Å². The van der Waals surface area contributed by atoms with E-state index in [-0.39, 0.29) is 17.4 Å². The van der Waals surface area contributed by atoms with Gasteiger partial charge in [0.1, 0.15) is 17.3 Å². The van der Waals surface area contributed by atoms with E-state index in [1.165, 1.54) is 0 Å². The second-order valence-corrected chi connectivity index (χ2v) is 9.27. The molecule has 1 amide bonds. The van der Waals surface area contributed by atoms with E-state index >= 15 is 0 Å². The van der Waals surface area contributed by atoms with Gasteiger partial charge in [-0.15, -0.1) is 0 Å². The summed E-state index contributed by atoms with van der Waals surface area (Å²) < 4.78 is 11.6. The third-order valence-corrected chi connectivity index (χ3v) is 6.00. The number of nitrogens with zero attached hydrogens (tertiary/aromatic N) is 1. The van der Waals surface area contributed by atoms with Crippen molar-refractivity contribution < 1.29 is 24.2 Å². The molecule has 188 valence electrons. The number of amides is 1. The van der Waals surface area contributed by atoms with E-state index in [4.69, 9.17) is 9.47 Å². The van der Waals surface area contributed by atoms with Crippen LogP contribution in [0.1, 0.15) is 76.1 Å². The van der Waals surface area contributed by atoms with Gasteiger partial charge in [0.15, 0.2) is 0 Å². The van der Waals surface area contributed by atoms with Gasteiger partial charge in [0, 0.05) is 12.1 Å². The third kappa shape index (κ3) is 6.05. The van der Waals surface area contributed by atoms with Crippen LogP contribution in [-0.2, 0) is 9.59 Å². The topological polar surface area (TPSA) is 76.1 Å². The van der Waals surface area contributed by atoms with Gasteiger partial charge >= 0.3 is 0 Å². The van der Waals surface area contributed by atoms with Crippen LogP contribution in [-0.4, -0.2) is 41.0 Å². The Morgan fingerprint density at radius 1 is 1.06 bits per heavy atom. The highest BCUT2D eigenvalue weighted by Gasteiger charge is 2.45. The molecule has 1 atom stereocenters. The first-order chi connectivity index (χ1) is 16.8. The molecule has 1 fully saturated rings. The van der Waals surface area contributed by atoms with Gasteiger partial charge in [-0.25, -0.2) is 0 Å². The van der Waals surface area contributed by atoms with Gasteiger partial charge in [-0.2, -0.15) is 0 Å². The molecule has 2 aromatic rings. The van der Waals surface area contributed by atoms with Crippen molar-refractivity contribution in [2.24, 2.45) is 0 Å². The fraction of sp³-hybridized carbons (Fsp3) is 0.448. The zero-order valence-electron chi connectivity index (χ0n) is 21.5. The number of benzene rings is 2. The van der Waals surface area contributed by atoms with E-state index in [1.807, 2.05) is 52.0 Å². The van der Waals surface area contributed by atoms with Crippen LogP contribution in [0.3, 0.4) is 0 Å². The van der Waals surface area contributed by atoms with Crippen molar-refractivity contribution in [3.63, 3.8) is 0 Å². The second kappa shape index (κ2) is 11.9. The molecule has 1 N–H and O–H groups in total. The number of carbonyl (C=O) groups excluding carboxylic acids is 2. The van der Waals surface area contributed by atoms with Crippen molar-refractivity contribution in [2.45, 2.75) is 72.4 Å². The maximum atomic E-state index is 13.2. The normalized spacial score (nSPS) is 17.3. The van der Waals surface area contributed by atoms with Crippen molar-refractivity contribution in [3.05, 3.63) is 64.7 Å². The van der Waals surface area contributed by atoms with Gasteiger partial charge in [0.05, 0.1) is 24.3 Å². The lowest BCUT2D eigenvalue weighted by Crippen LogP contribution is -2.30. The monoisotopic (exact) mass is 479 g/mol.